The molecule has 0 aromatic rings. The van der Waals surface area contributed by atoms with Crippen LogP contribution in [0, 0.1) is 0 Å². The molecule has 1 heterocycles. The van der Waals surface area contributed by atoms with Gasteiger partial charge in [-0.1, -0.05) is 116 Å². The van der Waals surface area contributed by atoms with Gasteiger partial charge in [-0.25, -0.2) is 0 Å². The van der Waals surface area contributed by atoms with Gasteiger partial charge < -0.3 is 0 Å². The average molecular weight is 499 g/mol. The van der Waals surface area contributed by atoms with E-state index in [-0.39, 0.29) is 21.7 Å². The van der Waals surface area contributed by atoms with Crippen LogP contribution in [0.25, 0.3) is 0 Å². The van der Waals surface area contributed by atoms with E-state index in [9.17, 15) is 0 Å². The minimum Gasteiger partial charge on any atom is -0.286 e. The molecule has 0 fully saturated rings. The van der Waals surface area contributed by atoms with Crippen molar-refractivity contribution < 1.29 is 21.7 Å². The molecule has 7 heteroatoms. The molecule has 2 aliphatic rings. The van der Waals surface area contributed by atoms with Gasteiger partial charge in [-0.15, -0.1) is 0 Å². The molecule has 0 aromatic heterocycles. The Balaban J connectivity index is 0.000000729. The smallest absolute Gasteiger partial charge is 0.125 e. The van der Waals surface area contributed by atoms with E-state index in [1.165, 1.54) is 16.4 Å². The minimum atomic E-state index is -1.26. The van der Waals surface area contributed by atoms with Gasteiger partial charge in [0.15, 0.2) is 0 Å². The van der Waals surface area contributed by atoms with E-state index in [1.807, 2.05) is 48.6 Å². The molecule has 0 amide bonds. The third-order valence-electron chi connectivity index (χ3n) is 4.20. The van der Waals surface area contributed by atoms with Gasteiger partial charge in [-0.2, -0.15) is 0 Å². The zero-order valence-electron chi connectivity index (χ0n) is 20.1. The van der Waals surface area contributed by atoms with Gasteiger partial charge >= 0.3 is 0 Å². The zero-order valence-corrected chi connectivity index (χ0v) is 25.4. The first kappa shape index (κ1) is 29.4. The van der Waals surface area contributed by atoms with Crippen molar-refractivity contribution in [3.63, 3.8) is 0 Å². The Morgan fingerprint density at radius 2 is 0.759 bits per heavy atom. The maximum Gasteiger partial charge on any atom is 0.125 e. The van der Waals surface area contributed by atoms with E-state index in [1.54, 1.807) is 10.3 Å². The molecule has 0 aromatic carbocycles. The SMILES string of the molecule is C1=C\C=C/C=C\C=C/1.CC(C)N(C1=PC(N(C(C)C)[Si](C)(C)C)=P1)[Si](C)(C)C.[Ti]. The minimum absolute atomic E-state index is 0. The quantitative estimate of drug-likeness (QED) is 0.279. The average Bonchev–Trinajstić information content (AvgIpc) is 2.40. The van der Waals surface area contributed by atoms with Gasteiger partial charge in [-0.05, 0) is 16.4 Å². The molecule has 0 saturated carbocycles. The predicted octanol–water partition coefficient (Wildman–Crippen LogP) is 7.38. The molecule has 29 heavy (non-hydrogen) atoms. The molecule has 0 N–H and O–H groups in total. The van der Waals surface area contributed by atoms with Gasteiger partial charge in [0, 0.05) is 33.8 Å². The van der Waals surface area contributed by atoms with Gasteiger partial charge in [-0.3, -0.25) is 9.13 Å². The predicted molar refractivity (Wildman–Crippen MR) is 141 cm³/mol. The molecule has 2 nitrogen and oxygen atoms in total. The fourth-order valence-corrected chi connectivity index (χ4v) is 14.6. The van der Waals surface area contributed by atoms with Crippen LogP contribution in [-0.4, -0.2) is 48.0 Å². The molecule has 0 unspecified atom stereocenters. The Morgan fingerprint density at radius 1 is 0.552 bits per heavy atom. The van der Waals surface area contributed by atoms with Gasteiger partial charge in [0.25, 0.3) is 0 Å². The summed E-state index contributed by atoms with van der Waals surface area (Å²) in [6.07, 6.45) is 16.0. The summed E-state index contributed by atoms with van der Waals surface area (Å²) in [7, 11) is 0.465. The number of rotatable bonds is 6. The molecule has 0 radical (unpaired) electrons. The van der Waals surface area contributed by atoms with Crippen LogP contribution in [0.2, 0.25) is 39.3 Å². The van der Waals surface area contributed by atoms with Crippen LogP contribution >= 0.6 is 16.4 Å². The topological polar surface area (TPSA) is 6.48 Å². The van der Waals surface area contributed by atoms with Crippen LogP contribution in [0.15, 0.2) is 48.6 Å². The van der Waals surface area contributed by atoms with E-state index in [0.29, 0.717) is 12.1 Å². The summed E-state index contributed by atoms with van der Waals surface area (Å²) in [5.41, 5.74) is 0. The van der Waals surface area contributed by atoms with Crippen molar-refractivity contribution in [3.8, 4) is 0 Å². The van der Waals surface area contributed by atoms with E-state index in [0.717, 1.165) is 0 Å². The molecule has 1 aliphatic carbocycles. The summed E-state index contributed by atoms with van der Waals surface area (Å²) >= 11 is 0. The first-order valence-corrected chi connectivity index (χ1v) is 19.0. The first-order valence-electron chi connectivity index (χ1n) is 10.3. The number of nitrogens with zero attached hydrogens (tertiary/aromatic N) is 2. The molecule has 0 saturated heterocycles. The van der Waals surface area contributed by atoms with Crippen LogP contribution in [-0.2, 0) is 21.7 Å². The van der Waals surface area contributed by atoms with E-state index < -0.39 is 16.5 Å². The van der Waals surface area contributed by atoms with Crippen LogP contribution < -0.4 is 0 Å². The first-order chi connectivity index (χ1) is 12.9. The molecule has 2 rings (SSSR count). The number of allylic oxidation sites excluding steroid dienone is 8. The van der Waals surface area contributed by atoms with Gasteiger partial charge in [0.1, 0.15) is 16.5 Å². The van der Waals surface area contributed by atoms with Crippen LogP contribution in [0.3, 0.4) is 0 Å². The molecule has 160 valence electrons. The Kier molecular flexibility index (Phi) is 13.2. The van der Waals surface area contributed by atoms with Gasteiger partial charge in [0.05, 0.1) is 10.3 Å². The summed E-state index contributed by atoms with van der Waals surface area (Å²) in [6.45, 7) is 24.1. The largest absolute Gasteiger partial charge is 0.286 e. The summed E-state index contributed by atoms with van der Waals surface area (Å²) in [5.74, 6) is 0. The second-order valence-electron chi connectivity index (χ2n) is 9.63. The normalized spacial score (nSPS) is 21.6. The van der Waals surface area contributed by atoms with Crippen molar-refractivity contribution >= 4 is 43.2 Å². The Bertz CT molecular complexity index is 593. The third kappa shape index (κ3) is 10.0. The Labute approximate surface area is 200 Å². The zero-order chi connectivity index (χ0) is 21.5. The maximum atomic E-state index is 2.74. The van der Waals surface area contributed by atoms with Crippen molar-refractivity contribution in [2.45, 2.75) is 79.1 Å². The molecule has 0 spiro atoms. The second-order valence-corrected chi connectivity index (χ2v) is 22.1. The van der Waals surface area contributed by atoms with E-state index in [4.69, 9.17) is 0 Å². The number of hydrogen-bond acceptors (Lipinski definition) is 2. The van der Waals surface area contributed by atoms with Crippen molar-refractivity contribution in [2.75, 3.05) is 0 Å². The fraction of sp³-hybridized carbons (Fsp3) is 0.545. The monoisotopic (exact) mass is 498 g/mol. The molecule has 0 bridgehead atoms. The Morgan fingerprint density at radius 3 is 0.897 bits per heavy atom. The Hall–Kier alpha value is 0.368. The maximum absolute atomic E-state index is 2.74. The number of hydrogen-bond donors (Lipinski definition) is 0. The standard InChI is InChI=1S/C14H32N2P2Si2.C8H8.Ti/c1-11(2)15(19(5,6)7)13-17-14(18-13)16(12(3)4)20(8,9)10;1-2-4-6-8-7-5-3-1;/h11-12H,1-10H3;1-8H;/b;2-1-,3-1?,4-2?,5-3-,6-4-,7-5?,8-6?,8-7-;. The fourth-order valence-electron chi connectivity index (χ4n) is 3.52. The van der Waals surface area contributed by atoms with E-state index >= 15 is 0 Å². The summed E-state index contributed by atoms with van der Waals surface area (Å²) in [5, 5.41) is 3.27. The van der Waals surface area contributed by atoms with Crippen LogP contribution in [0.4, 0.5) is 0 Å². The summed E-state index contributed by atoms with van der Waals surface area (Å²) < 4.78 is 5.48. The molecule has 0 atom stereocenters. The molecular formula is C22H40N2P2Si2Ti. The van der Waals surface area contributed by atoms with Crippen molar-refractivity contribution in [2.24, 2.45) is 0 Å². The summed E-state index contributed by atoms with van der Waals surface area (Å²) in [4.78, 5) is 0. The van der Waals surface area contributed by atoms with Crippen molar-refractivity contribution in [3.05, 3.63) is 48.6 Å². The third-order valence-corrected chi connectivity index (χ3v) is 12.2. The van der Waals surface area contributed by atoms with Crippen LogP contribution in [0.5, 0.6) is 0 Å². The second kappa shape index (κ2) is 13.0. The van der Waals surface area contributed by atoms with Crippen molar-refractivity contribution in [1.29, 1.82) is 0 Å². The molecular weight excluding hydrogens is 458 g/mol. The van der Waals surface area contributed by atoms with E-state index in [2.05, 4.69) is 76.1 Å². The van der Waals surface area contributed by atoms with Gasteiger partial charge in [0.2, 0.25) is 0 Å². The van der Waals surface area contributed by atoms with Crippen molar-refractivity contribution in [1.82, 2.24) is 9.13 Å². The molecule has 1 aliphatic heterocycles. The van der Waals surface area contributed by atoms with Crippen LogP contribution in [0.1, 0.15) is 27.7 Å². The summed E-state index contributed by atoms with van der Waals surface area (Å²) in [6, 6.07) is 1.27.